The summed E-state index contributed by atoms with van der Waals surface area (Å²) in [6.45, 7) is 7.42. The van der Waals surface area contributed by atoms with E-state index in [-0.39, 0.29) is 5.56 Å². The molecule has 0 amide bonds. The largest absolute Gasteiger partial charge is 0.479 e. The molecule has 0 spiro atoms. The molecule has 7 nitrogen and oxygen atoms in total. The van der Waals surface area contributed by atoms with Crippen molar-refractivity contribution in [2.45, 2.75) is 39.2 Å². The van der Waals surface area contributed by atoms with Gasteiger partial charge >= 0.3 is 5.97 Å². The van der Waals surface area contributed by atoms with Crippen LogP contribution in [0.25, 0.3) is 10.9 Å². The van der Waals surface area contributed by atoms with E-state index in [4.69, 9.17) is 14.8 Å². The quantitative estimate of drug-likeness (QED) is 0.281. The fourth-order valence-electron chi connectivity index (χ4n) is 2.86. The minimum atomic E-state index is -1.04. The van der Waals surface area contributed by atoms with Gasteiger partial charge in [-0.3, -0.25) is 4.79 Å². The Labute approximate surface area is 220 Å². The minimum absolute atomic E-state index is 0.253. The molecule has 0 aliphatic rings. The number of ether oxygens (including phenoxy) is 1. The van der Waals surface area contributed by atoms with Crippen molar-refractivity contribution in [2.24, 2.45) is 5.10 Å². The zero-order valence-electron chi connectivity index (χ0n) is 17.7. The number of nitrogens with zero attached hydrogens (tertiary/aromatic N) is 3. The van der Waals surface area contributed by atoms with Crippen molar-refractivity contribution in [3.63, 3.8) is 0 Å². The van der Waals surface area contributed by atoms with E-state index in [1.165, 1.54) is 11.6 Å². The van der Waals surface area contributed by atoms with Crippen LogP contribution in [-0.4, -0.2) is 33.1 Å². The molecule has 10 heteroatoms. The van der Waals surface area contributed by atoms with Crippen LogP contribution in [0.1, 0.15) is 39.1 Å². The number of carbonyl (C=O) groups is 1. The summed E-state index contributed by atoms with van der Waals surface area (Å²) in [6, 6.07) is 9.05. The first-order valence-electron chi connectivity index (χ1n) is 9.54. The second-order valence-corrected chi connectivity index (χ2v) is 11.4. The molecule has 168 valence electrons. The Morgan fingerprint density at radius 3 is 2.44 bits per heavy atom. The van der Waals surface area contributed by atoms with Crippen LogP contribution in [0.5, 0.6) is 5.75 Å². The van der Waals surface area contributed by atoms with Gasteiger partial charge < -0.3 is 9.84 Å². The van der Waals surface area contributed by atoms with Crippen LogP contribution in [0.4, 0.5) is 0 Å². The number of rotatable bonds is 5. The Hall–Kier alpha value is -1.54. The third-order valence-electron chi connectivity index (χ3n) is 4.46. The molecule has 0 fully saturated rings. The van der Waals surface area contributed by atoms with Crippen LogP contribution in [0.15, 0.2) is 44.7 Å². The molecule has 2 aromatic carbocycles. The number of aliphatic carboxylic acids is 1. The topological polar surface area (TPSA) is 93.8 Å². The first-order valence-corrected chi connectivity index (χ1v) is 12.5. The zero-order valence-corrected chi connectivity index (χ0v) is 23.6. The van der Waals surface area contributed by atoms with E-state index >= 15 is 0 Å². The van der Waals surface area contributed by atoms with Crippen molar-refractivity contribution in [2.75, 3.05) is 0 Å². The molecule has 1 atom stereocenters. The van der Waals surface area contributed by atoms with E-state index in [0.29, 0.717) is 22.5 Å². The van der Waals surface area contributed by atoms with E-state index in [2.05, 4.69) is 66.2 Å². The molecule has 0 bridgehead atoms. The highest BCUT2D eigenvalue weighted by Crippen LogP contribution is 2.30. The Morgan fingerprint density at radius 2 is 1.88 bits per heavy atom. The molecular weight excluding hydrogens is 704 g/mol. The molecule has 1 N–H and O–H groups in total. The van der Waals surface area contributed by atoms with Crippen molar-refractivity contribution in [1.29, 1.82) is 0 Å². The summed E-state index contributed by atoms with van der Waals surface area (Å²) >= 11 is 7.60. The fraction of sp³-hybridized carbons (Fsp3) is 0.273. The van der Waals surface area contributed by atoms with Gasteiger partial charge in [0.2, 0.25) is 0 Å². The van der Waals surface area contributed by atoms with Gasteiger partial charge in [-0.05, 0) is 88.0 Å². The summed E-state index contributed by atoms with van der Waals surface area (Å²) in [6.07, 6.45) is 0.629. The van der Waals surface area contributed by atoms with Gasteiger partial charge in [-0.1, -0.05) is 36.7 Å². The number of benzene rings is 2. The summed E-state index contributed by atoms with van der Waals surface area (Å²) in [5.41, 5.74) is 0.700. The molecule has 0 radical (unpaired) electrons. The predicted molar refractivity (Wildman–Crippen MR) is 145 cm³/mol. The van der Waals surface area contributed by atoms with Crippen molar-refractivity contribution in [1.82, 2.24) is 9.66 Å². The molecule has 0 aliphatic carbocycles. The molecule has 32 heavy (non-hydrogen) atoms. The lowest BCUT2D eigenvalue weighted by Crippen LogP contribution is -2.29. The van der Waals surface area contributed by atoms with Crippen molar-refractivity contribution >= 4 is 84.2 Å². The molecular formula is C22H20BrI2N3O4. The molecule has 0 aliphatic heterocycles. The summed E-state index contributed by atoms with van der Waals surface area (Å²) in [5, 5.41) is 14.1. The van der Waals surface area contributed by atoms with Crippen LogP contribution in [0, 0.1) is 7.14 Å². The number of hydrogen-bond donors (Lipinski definition) is 1. The van der Waals surface area contributed by atoms with Gasteiger partial charge in [0.05, 0.1) is 24.3 Å². The molecule has 0 unspecified atom stereocenters. The highest BCUT2D eigenvalue weighted by molar-refractivity contribution is 14.1. The average molecular weight is 724 g/mol. The molecule has 0 saturated carbocycles. The Morgan fingerprint density at radius 1 is 1.25 bits per heavy atom. The Balaban J connectivity index is 2.09. The summed E-state index contributed by atoms with van der Waals surface area (Å²) in [7, 11) is 0. The highest BCUT2D eigenvalue weighted by Gasteiger charge is 2.23. The number of carboxylic acid groups (broad SMARTS) is 1. The van der Waals surface area contributed by atoms with E-state index < -0.39 is 17.5 Å². The van der Waals surface area contributed by atoms with Gasteiger partial charge in [0.25, 0.3) is 5.56 Å². The maximum Gasteiger partial charge on any atom is 0.344 e. The van der Waals surface area contributed by atoms with Gasteiger partial charge in [0, 0.05) is 9.89 Å². The zero-order chi connectivity index (χ0) is 23.8. The molecule has 1 heterocycles. The minimum Gasteiger partial charge on any atom is -0.479 e. The van der Waals surface area contributed by atoms with Gasteiger partial charge in [-0.15, -0.1) is 0 Å². The average Bonchev–Trinajstić information content (AvgIpc) is 2.69. The van der Waals surface area contributed by atoms with Crippen LogP contribution < -0.4 is 10.3 Å². The molecule has 3 aromatic rings. The van der Waals surface area contributed by atoms with Gasteiger partial charge in [0.15, 0.2) is 6.10 Å². The second-order valence-electron chi connectivity index (χ2n) is 8.12. The maximum atomic E-state index is 13.3. The molecule has 1 aromatic heterocycles. The number of halogens is 3. The third-order valence-corrected chi connectivity index (χ3v) is 6.56. The number of hydrogen-bond acceptors (Lipinski definition) is 5. The highest BCUT2D eigenvalue weighted by atomic mass is 127. The summed E-state index contributed by atoms with van der Waals surface area (Å²) < 4.78 is 9.18. The van der Waals surface area contributed by atoms with Gasteiger partial charge in [-0.2, -0.15) is 9.78 Å². The first kappa shape index (κ1) is 25.1. The smallest absolute Gasteiger partial charge is 0.344 e. The fourth-order valence-corrected chi connectivity index (χ4v) is 5.29. The Bertz CT molecular complexity index is 1280. The first-order chi connectivity index (χ1) is 14.9. The molecule has 3 rings (SSSR count). The van der Waals surface area contributed by atoms with Crippen molar-refractivity contribution < 1.29 is 14.6 Å². The number of aromatic nitrogens is 2. The lowest BCUT2D eigenvalue weighted by Gasteiger charge is -2.21. The lowest BCUT2D eigenvalue weighted by molar-refractivity contribution is -0.144. The van der Waals surface area contributed by atoms with Crippen LogP contribution in [-0.2, 0) is 10.2 Å². The Kier molecular flexibility index (Phi) is 7.65. The van der Waals surface area contributed by atoms with E-state index in [1.807, 2.05) is 45.0 Å². The van der Waals surface area contributed by atoms with E-state index in [9.17, 15) is 9.59 Å². The van der Waals surface area contributed by atoms with Crippen molar-refractivity contribution in [3.05, 3.63) is 63.7 Å². The van der Waals surface area contributed by atoms with Crippen LogP contribution in [0.2, 0.25) is 0 Å². The summed E-state index contributed by atoms with van der Waals surface area (Å²) in [4.78, 5) is 29.1. The number of fused-ring (bicyclic) bond motifs is 1. The monoisotopic (exact) mass is 723 g/mol. The molecule has 0 saturated heterocycles. The normalized spacial score (nSPS) is 13.0. The van der Waals surface area contributed by atoms with Crippen LogP contribution >= 0.6 is 61.1 Å². The summed E-state index contributed by atoms with van der Waals surface area (Å²) in [5.74, 6) is 0.0167. The SMILES string of the molecule is C[C@H](Oc1c(I)cc(C=Nn2c(C(C)(C)C)nc3ccc(Br)cc3c2=O)cc1I)C(=O)O. The maximum absolute atomic E-state index is 13.3. The predicted octanol–water partition coefficient (Wildman–Crippen LogP) is 5.40. The lowest BCUT2D eigenvalue weighted by atomic mass is 9.95. The van der Waals surface area contributed by atoms with Crippen LogP contribution in [0.3, 0.4) is 0 Å². The second kappa shape index (κ2) is 9.75. The van der Waals surface area contributed by atoms with E-state index in [1.54, 1.807) is 12.3 Å². The third kappa shape index (κ3) is 5.50. The van der Waals surface area contributed by atoms with Gasteiger partial charge in [0.1, 0.15) is 11.6 Å². The van der Waals surface area contributed by atoms with Crippen molar-refractivity contribution in [3.8, 4) is 5.75 Å². The van der Waals surface area contributed by atoms with E-state index in [0.717, 1.165) is 17.2 Å². The number of carboxylic acids is 1. The standard InChI is InChI=1S/C22H20BrI2N3O4/c1-11(20(30)31)32-18-15(24)7-12(8-16(18)25)10-26-28-19(29)14-9-13(23)5-6-17(14)27-21(28)22(2,3)4/h5-11H,1-4H3,(H,30,31)/t11-/m0/s1. The van der Waals surface area contributed by atoms with Gasteiger partial charge in [-0.25, -0.2) is 9.78 Å².